The van der Waals surface area contributed by atoms with Crippen LogP contribution in [0.4, 0.5) is 0 Å². The first-order valence-corrected chi connectivity index (χ1v) is 5.27. The third-order valence-electron chi connectivity index (χ3n) is 2.24. The van der Waals surface area contributed by atoms with Crippen LogP contribution in [-0.2, 0) is 9.78 Å². The van der Waals surface area contributed by atoms with E-state index in [1.807, 2.05) is 32.9 Å². The molecule has 0 atom stereocenters. The molecule has 0 bridgehead atoms. The van der Waals surface area contributed by atoms with Gasteiger partial charge in [0, 0.05) is 0 Å². The van der Waals surface area contributed by atoms with Crippen LogP contribution >= 0.6 is 0 Å². The fourth-order valence-corrected chi connectivity index (χ4v) is 1.70. The summed E-state index contributed by atoms with van der Waals surface area (Å²) >= 11 is 0. The first kappa shape index (κ1) is 12.7. The molecular weight excluding hydrogens is 204 g/mol. The lowest BCUT2D eigenvalue weighted by molar-refractivity contribution is -0.239. The van der Waals surface area contributed by atoms with Crippen molar-refractivity contribution in [2.24, 2.45) is 0 Å². The molecule has 0 saturated carbocycles. The molecule has 0 aromatic heterocycles. The molecule has 3 heteroatoms. The second-order valence-electron chi connectivity index (χ2n) is 3.82. The summed E-state index contributed by atoms with van der Waals surface area (Å²) in [4.78, 5) is 21.1. The van der Waals surface area contributed by atoms with Crippen molar-refractivity contribution in [1.29, 1.82) is 0 Å². The summed E-state index contributed by atoms with van der Waals surface area (Å²) in [6.45, 7) is 9.67. The molecule has 0 heterocycles. The highest BCUT2D eigenvalue weighted by atomic mass is 17.2. The van der Waals surface area contributed by atoms with Crippen LogP contribution in [-0.4, -0.2) is 12.6 Å². The van der Waals surface area contributed by atoms with Crippen LogP contribution in [0.25, 0.3) is 0 Å². The van der Waals surface area contributed by atoms with Gasteiger partial charge in [-0.3, -0.25) is 4.89 Å². The Kier molecular flexibility index (Phi) is 4.50. The average Bonchev–Trinajstić information content (AvgIpc) is 2.16. The highest BCUT2D eigenvalue weighted by Crippen LogP contribution is 2.17. The van der Waals surface area contributed by atoms with Crippen molar-refractivity contribution in [3.8, 4) is 0 Å². The third kappa shape index (κ3) is 3.07. The van der Waals surface area contributed by atoms with Crippen LogP contribution in [0.5, 0.6) is 0 Å². The summed E-state index contributed by atoms with van der Waals surface area (Å²) in [6, 6.07) is 3.90. The van der Waals surface area contributed by atoms with E-state index < -0.39 is 5.97 Å². The van der Waals surface area contributed by atoms with E-state index in [1.165, 1.54) is 0 Å². The van der Waals surface area contributed by atoms with Gasteiger partial charge in [-0.05, 0) is 38.3 Å². The Labute approximate surface area is 96.3 Å². The Bertz CT molecular complexity index is 360. The summed E-state index contributed by atoms with van der Waals surface area (Å²) in [5, 5.41) is 0. The lowest BCUT2D eigenvalue weighted by atomic mass is 10.0. The van der Waals surface area contributed by atoms with Crippen LogP contribution in [0, 0.1) is 27.7 Å². The molecule has 0 saturated heterocycles. The molecule has 1 radical (unpaired) electrons. The van der Waals surface area contributed by atoms with Gasteiger partial charge in [-0.1, -0.05) is 24.6 Å². The Morgan fingerprint density at radius 2 is 1.81 bits per heavy atom. The number of benzene rings is 1. The minimum Gasteiger partial charge on any atom is -0.293 e. The van der Waals surface area contributed by atoms with Crippen molar-refractivity contribution < 1.29 is 14.6 Å². The number of hydrogen-bond donors (Lipinski definition) is 0. The molecule has 0 amide bonds. The summed E-state index contributed by atoms with van der Waals surface area (Å²) < 4.78 is 0. The van der Waals surface area contributed by atoms with Gasteiger partial charge in [0.15, 0.2) is 0 Å². The van der Waals surface area contributed by atoms with E-state index in [2.05, 4.69) is 6.92 Å². The highest BCUT2D eigenvalue weighted by molar-refractivity contribution is 5.92. The van der Waals surface area contributed by atoms with Gasteiger partial charge < -0.3 is 0 Å². The third-order valence-corrected chi connectivity index (χ3v) is 2.24. The first-order chi connectivity index (χ1) is 7.56. The van der Waals surface area contributed by atoms with Crippen molar-refractivity contribution in [3.63, 3.8) is 0 Å². The second-order valence-corrected chi connectivity index (χ2v) is 3.82. The van der Waals surface area contributed by atoms with Crippen molar-refractivity contribution in [1.82, 2.24) is 0 Å². The largest absolute Gasteiger partial charge is 0.373 e. The molecule has 0 aliphatic heterocycles. The van der Waals surface area contributed by atoms with Crippen molar-refractivity contribution in [2.45, 2.75) is 27.2 Å². The lowest BCUT2D eigenvalue weighted by Gasteiger charge is -2.09. The van der Waals surface area contributed by atoms with Crippen molar-refractivity contribution in [2.75, 3.05) is 6.61 Å². The number of aryl methyl sites for hydroxylation is 3. The van der Waals surface area contributed by atoms with E-state index in [0.717, 1.165) is 16.7 Å². The molecule has 3 nitrogen and oxygen atoms in total. The Hall–Kier alpha value is -1.35. The molecular formula is C13H17O3. The highest BCUT2D eigenvalue weighted by Gasteiger charge is 2.15. The number of carbonyl (C=O) groups is 1. The minimum atomic E-state index is -0.441. The Balaban J connectivity index is 2.83. The summed E-state index contributed by atoms with van der Waals surface area (Å²) in [7, 11) is 0. The van der Waals surface area contributed by atoms with E-state index in [-0.39, 0.29) is 0 Å². The second kappa shape index (κ2) is 5.66. The maximum Gasteiger partial charge on any atom is 0.373 e. The molecule has 0 N–H and O–H groups in total. The first-order valence-electron chi connectivity index (χ1n) is 5.27. The van der Waals surface area contributed by atoms with E-state index in [1.54, 1.807) is 0 Å². The normalized spacial score (nSPS) is 10.2. The van der Waals surface area contributed by atoms with Gasteiger partial charge >= 0.3 is 5.97 Å². The lowest BCUT2D eigenvalue weighted by Crippen LogP contribution is -2.10. The molecule has 1 aromatic carbocycles. The molecule has 1 aromatic rings. The van der Waals surface area contributed by atoms with Crippen LogP contribution in [0.15, 0.2) is 12.1 Å². The van der Waals surface area contributed by atoms with E-state index >= 15 is 0 Å². The van der Waals surface area contributed by atoms with Gasteiger partial charge in [0.2, 0.25) is 0 Å². The summed E-state index contributed by atoms with van der Waals surface area (Å²) in [5.74, 6) is -0.441. The molecule has 1 rings (SSSR count). The minimum absolute atomic E-state index is 0.315. The fraction of sp³-hybridized carbons (Fsp3) is 0.385. The summed E-state index contributed by atoms with van der Waals surface area (Å²) in [5.41, 5.74) is 3.52. The maximum absolute atomic E-state index is 11.7. The smallest absolute Gasteiger partial charge is 0.293 e. The van der Waals surface area contributed by atoms with Crippen LogP contribution < -0.4 is 0 Å². The van der Waals surface area contributed by atoms with Crippen LogP contribution in [0.2, 0.25) is 0 Å². The zero-order chi connectivity index (χ0) is 12.1. The quantitative estimate of drug-likeness (QED) is 0.445. The predicted octanol–water partition coefficient (Wildman–Crippen LogP) is 2.92. The standard InChI is InChI=1S/C13H17O3/c1-5-6-15-16-13(14)12-10(3)7-9(2)8-11(12)4/h7-8H,1,5-6H2,2-4H3. The average molecular weight is 221 g/mol. The van der Waals surface area contributed by atoms with Crippen molar-refractivity contribution >= 4 is 5.97 Å². The van der Waals surface area contributed by atoms with Crippen LogP contribution in [0.3, 0.4) is 0 Å². The van der Waals surface area contributed by atoms with Gasteiger partial charge in [-0.2, -0.15) is 4.89 Å². The molecule has 0 aliphatic rings. The topological polar surface area (TPSA) is 35.5 Å². The van der Waals surface area contributed by atoms with Gasteiger partial charge in [0.1, 0.15) is 0 Å². The van der Waals surface area contributed by atoms with Gasteiger partial charge in [0.25, 0.3) is 0 Å². The summed E-state index contributed by atoms with van der Waals surface area (Å²) in [6.07, 6.45) is 0.569. The fourth-order valence-electron chi connectivity index (χ4n) is 1.70. The zero-order valence-electron chi connectivity index (χ0n) is 10.0. The molecule has 87 valence electrons. The molecule has 0 spiro atoms. The van der Waals surface area contributed by atoms with Gasteiger partial charge in [-0.15, -0.1) is 0 Å². The Morgan fingerprint density at radius 1 is 1.25 bits per heavy atom. The van der Waals surface area contributed by atoms with E-state index in [9.17, 15) is 4.79 Å². The SMILES string of the molecule is [CH2]CCOOC(=O)c1c(C)cc(C)cc1C. The number of rotatable bonds is 4. The van der Waals surface area contributed by atoms with Gasteiger partial charge in [-0.25, -0.2) is 4.79 Å². The van der Waals surface area contributed by atoms with Crippen molar-refractivity contribution in [3.05, 3.63) is 41.3 Å². The molecule has 0 unspecified atom stereocenters. The van der Waals surface area contributed by atoms with Gasteiger partial charge in [0.05, 0.1) is 12.2 Å². The van der Waals surface area contributed by atoms with E-state index in [0.29, 0.717) is 18.6 Å². The van der Waals surface area contributed by atoms with E-state index in [4.69, 9.17) is 9.78 Å². The molecule has 0 aliphatic carbocycles. The number of carbonyl (C=O) groups excluding carboxylic acids is 1. The molecule has 16 heavy (non-hydrogen) atoms. The number of hydrogen-bond acceptors (Lipinski definition) is 3. The predicted molar refractivity (Wildman–Crippen MR) is 62.0 cm³/mol. The monoisotopic (exact) mass is 221 g/mol. The maximum atomic E-state index is 11.7. The van der Waals surface area contributed by atoms with Crippen LogP contribution in [0.1, 0.15) is 33.5 Å². The zero-order valence-corrected chi connectivity index (χ0v) is 10.0. The molecule has 0 fully saturated rings. The Morgan fingerprint density at radius 3 is 2.31 bits per heavy atom.